The van der Waals surface area contributed by atoms with Crippen LogP contribution >= 0.6 is 0 Å². The van der Waals surface area contributed by atoms with Crippen molar-refractivity contribution in [1.82, 2.24) is 5.32 Å². The fourth-order valence-electron chi connectivity index (χ4n) is 2.59. The van der Waals surface area contributed by atoms with Gasteiger partial charge in [0.1, 0.15) is 5.60 Å². The molecule has 4 heteroatoms. The van der Waals surface area contributed by atoms with Crippen molar-refractivity contribution in [3.05, 3.63) is 29.8 Å². The highest BCUT2D eigenvalue weighted by Crippen LogP contribution is 2.43. The van der Waals surface area contributed by atoms with E-state index in [1.54, 1.807) is 4.90 Å². The highest BCUT2D eigenvalue weighted by atomic mass is 16.6. The summed E-state index contributed by atoms with van der Waals surface area (Å²) in [5.74, 6) is 0. The molecule has 1 N–H and O–H groups in total. The van der Waals surface area contributed by atoms with E-state index in [1.165, 1.54) is 5.56 Å². The van der Waals surface area contributed by atoms with E-state index in [4.69, 9.17) is 4.74 Å². The molecule has 0 unspecified atom stereocenters. The maximum atomic E-state index is 12.3. The van der Waals surface area contributed by atoms with Crippen LogP contribution in [0.3, 0.4) is 0 Å². The number of amides is 1. The third-order valence-electron chi connectivity index (χ3n) is 3.38. The Kier molecular flexibility index (Phi) is 2.38. The van der Waals surface area contributed by atoms with Crippen molar-refractivity contribution < 1.29 is 9.53 Å². The van der Waals surface area contributed by atoms with Gasteiger partial charge in [0, 0.05) is 6.54 Å². The standard InChI is InChI=1S/C14H18N2O2/c1-14(2,3)18-13(17)16-10-7-5-4-6-9(10)12-11(16)8-15-12/h4-7,11-12,15H,8H2,1-3H3/t11-,12-/m0/s1. The molecule has 18 heavy (non-hydrogen) atoms. The van der Waals surface area contributed by atoms with Crippen molar-refractivity contribution >= 4 is 11.8 Å². The molecular weight excluding hydrogens is 228 g/mol. The Bertz CT molecular complexity index is 493. The Morgan fingerprint density at radius 1 is 1.39 bits per heavy atom. The third kappa shape index (κ3) is 1.68. The second-order valence-corrected chi connectivity index (χ2v) is 5.86. The van der Waals surface area contributed by atoms with Crippen molar-refractivity contribution in [2.24, 2.45) is 0 Å². The summed E-state index contributed by atoms with van der Waals surface area (Å²) in [6, 6.07) is 8.50. The van der Waals surface area contributed by atoms with Gasteiger partial charge in [0.2, 0.25) is 0 Å². The second-order valence-electron chi connectivity index (χ2n) is 5.86. The molecule has 1 amide bonds. The lowest BCUT2D eigenvalue weighted by Gasteiger charge is -2.37. The van der Waals surface area contributed by atoms with Crippen LogP contribution in [0.25, 0.3) is 0 Å². The Morgan fingerprint density at radius 3 is 2.72 bits per heavy atom. The molecule has 1 saturated heterocycles. The summed E-state index contributed by atoms with van der Waals surface area (Å²) in [5, 5.41) is 3.36. The van der Waals surface area contributed by atoms with Gasteiger partial charge in [0.05, 0.1) is 17.8 Å². The first-order chi connectivity index (χ1) is 8.47. The lowest BCUT2D eigenvalue weighted by Crippen LogP contribution is -2.57. The maximum Gasteiger partial charge on any atom is 0.415 e. The highest BCUT2D eigenvalue weighted by molar-refractivity contribution is 5.92. The van der Waals surface area contributed by atoms with Crippen molar-refractivity contribution in [3.63, 3.8) is 0 Å². The number of nitrogens with zero attached hydrogens (tertiary/aromatic N) is 1. The zero-order chi connectivity index (χ0) is 12.9. The number of nitrogens with one attached hydrogen (secondary N) is 1. The Labute approximate surface area is 107 Å². The van der Waals surface area contributed by atoms with Gasteiger partial charge < -0.3 is 10.1 Å². The summed E-state index contributed by atoms with van der Waals surface area (Å²) < 4.78 is 5.49. The van der Waals surface area contributed by atoms with E-state index >= 15 is 0 Å². The van der Waals surface area contributed by atoms with Gasteiger partial charge in [-0.1, -0.05) is 18.2 Å². The van der Waals surface area contributed by atoms with Gasteiger partial charge in [-0.25, -0.2) is 4.79 Å². The summed E-state index contributed by atoms with van der Waals surface area (Å²) in [4.78, 5) is 14.1. The Morgan fingerprint density at radius 2 is 2.11 bits per heavy atom. The predicted octanol–water partition coefficient (Wildman–Crippen LogP) is 2.45. The lowest BCUT2D eigenvalue weighted by atomic mass is 9.97. The number of hydrogen-bond donors (Lipinski definition) is 1. The van der Waals surface area contributed by atoms with Gasteiger partial charge in [0.15, 0.2) is 0 Å². The predicted molar refractivity (Wildman–Crippen MR) is 69.7 cm³/mol. The number of anilines is 1. The van der Waals surface area contributed by atoms with Crippen molar-refractivity contribution in [3.8, 4) is 0 Å². The molecule has 0 spiro atoms. The van der Waals surface area contributed by atoms with Gasteiger partial charge in [-0.05, 0) is 32.4 Å². The fraction of sp³-hybridized carbons (Fsp3) is 0.500. The molecule has 1 aromatic carbocycles. The zero-order valence-electron chi connectivity index (χ0n) is 10.9. The van der Waals surface area contributed by atoms with Gasteiger partial charge in [-0.2, -0.15) is 0 Å². The number of rotatable bonds is 0. The van der Waals surface area contributed by atoms with Gasteiger partial charge in [-0.15, -0.1) is 0 Å². The summed E-state index contributed by atoms with van der Waals surface area (Å²) in [6.45, 7) is 6.51. The van der Waals surface area contributed by atoms with Gasteiger partial charge in [-0.3, -0.25) is 4.90 Å². The minimum atomic E-state index is -0.457. The largest absolute Gasteiger partial charge is 0.443 e. The van der Waals surface area contributed by atoms with Gasteiger partial charge >= 0.3 is 6.09 Å². The minimum absolute atomic E-state index is 0.206. The number of ether oxygens (including phenoxy) is 1. The van der Waals surface area contributed by atoms with E-state index in [-0.39, 0.29) is 18.2 Å². The number of hydrogen-bond acceptors (Lipinski definition) is 3. The molecule has 0 aliphatic carbocycles. The molecule has 0 aromatic heterocycles. The summed E-state index contributed by atoms with van der Waals surface area (Å²) in [6.07, 6.45) is -0.246. The van der Waals surface area contributed by atoms with E-state index in [2.05, 4.69) is 11.4 Å². The molecule has 2 aliphatic heterocycles. The van der Waals surface area contributed by atoms with Crippen LogP contribution in [0, 0.1) is 0 Å². The van der Waals surface area contributed by atoms with E-state index in [9.17, 15) is 4.79 Å². The average Bonchev–Trinajstić information content (AvgIpc) is 2.44. The molecule has 1 fully saturated rings. The van der Waals surface area contributed by atoms with Crippen LogP contribution in [0.5, 0.6) is 0 Å². The lowest BCUT2D eigenvalue weighted by molar-refractivity contribution is 0.0550. The van der Waals surface area contributed by atoms with E-state index < -0.39 is 5.60 Å². The van der Waals surface area contributed by atoms with E-state index in [0.717, 1.165) is 12.2 Å². The number of para-hydroxylation sites is 1. The van der Waals surface area contributed by atoms with Crippen LogP contribution in [-0.4, -0.2) is 24.3 Å². The minimum Gasteiger partial charge on any atom is -0.443 e. The monoisotopic (exact) mass is 246 g/mol. The molecule has 0 radical (unpaired) electrons. The molecule has 2 aliphatic rings. The normalized spacial score (nSPS) is 25.2. The number of benzene rings is 1. The molecular formula is C14H18N2O2. The van der Waals surface area contributed by atoms with Crippen LogP contribution in [0.1, 0.15) is 32.4 Å². The molecule has 0 bridgehead atoms. The van der Waals surface area contributed by atoms with Crippen LogP contribution in [0.15, 0.2) is 24.3 Å². The van der Waals surface area contributed by atoms with Crippen LogP contribution in [0.4, 0.5) is 10.5 Å². The summed E-state index contributed by atoms with van der Waals surface area (Å²) in [5.41, 5.74) is 1.72. The number of carbonyl (C=O) groups is 1. The number of carbonyl (C=O) groups excluding carboxylic acids is 1. The quantitative estimate of drug-likeness (QED) is 0.764. The summed E-state index contributed by atoms with van der Waals surface area (Å²) in [7, 11) is 0. The SMILES string of the molecule is CC(C)(C)OC(=O)N1c2ccccc2[C@@H]2NC[C@@H]21. The maximum absolute atomic E-state index is 12.3. The van der Waals surface area contributed by atoms with E-state index in [1.807, 2.05) is 39.0 Å². The van der Waals surface area contributed by atoms with E-state index in [0.29, 0.717) is 0 Å². The highest BCUT2D eigenvalue weighted by Gasteiger charge is 2.48. The first-order valence-electron chi connectivity index (χ1n) is 6.32. The Balaban J connectivity index is 1.91. The zero-order valence-corrected chi connectivity index (χ0v) is 10.9. The smallest absolute Gasteiger partial charge is 0.415 e. The molecule has 2 heterocycles. The molecule has 2 atom stereocenters. The Hall–Kier alpha value is -1.55. The molecule has 96 valence electrons. The second kappa shape index (κ2) is 3.72. The van der Waals surface area contributed by atoms with Crippen molar-refractivity contribution in [1.29, 1.82) is 0 Å². The molecule has 0 saturated carbocycles. The topological polar surface area (TPSA) is 41.6 Å². The van der Waals surface area contributed by atoms with Crippen LogP contribution in [0.2, 0.25) is 0 Å². The first kappa shape index (κ1) is 11.5. The third-order valence-corrected chi connectivity index (χ3v) is 3.38. The van der Waals surface area contributed by atoms with Crippen LogP contribution < -0.4 is 10.2 Å². The number of fused-ring (bicyclic) bond motifs is 3. The average molecular weight is 246 g/mol. The molecule has 3 rings (SSSR count). The molecule has 1 aromatic rings. The molecule has 4 nitrogen and oxygen atoms in total. The van der Waals surface area contributed by atoms with Crippen molar-refractivity contribution in [2.75, 3.05) is 11.4 Å². The first-order valence-corrected chi connectivity index (χ1v) is 6.32. The summed E-state index contributed by atoms with van der Waals surface area (Å²) >= 11 is 0. The fourth-order valence-corrected chi connectivity index (χ4v) is 2.59. The van der Waals surface area contributed by atoms with Gasteiger partial charge in [0.25, 0.3) is 0 Å². The van der Waals surface area contributed by atoms with Crippen LogP contribution in [-0.2, 0) is 4.74 Å². The van der Waals surface area contributed by atoms with Crippen molar-refractivity contribution in [2.45, 2.75) is 38.5 Å².